The number of carbonyl (C=O) groups excluding carboxylic acids is 1. The number of aryl methyl sites for hydroxylation is 1. The lowest BCUT2D eigenvalue weighted by molar-refractivity contribution is -0.116. The fourth-order valence-electron chi connectivity index (χ4n) is 1.54. The molecule has 92 valence electrons. The van der Waals surface area contributed by atoms with Gasteiger partial charge in [0, 0.05) is 18.0 Å². The summed E-state index contributed by atoms with van der Waals surface area (Å²) in [4.78, 5) is 27.3. The Morgan fingerprint density at radius 2 is 2.11 bits per heavy atom. The molecule has 0 bridgehead atoms. The van der Waals surface area contributed by atoms with Gasteiger partial charge in [0.2, 0.25) is 5.91 Å². The maximum Gasteiger partial charge on any atom is 0.250 e. The van der Waals surface area contributed by atoms with Crippen LogP contribution < -0.4 is 10.9 Å². The topological polar surface area (TPSA) is 64.0 Å². The van der Waals surface area contributed by atoms with Gasteiger partial charge in [-0.15, -0.1) is 0 Å². The lowest BCUT2D eigenvalue weighted by Crippen LogP contribution is -2.26. The van der Waals surface area contributed by atoms with Crippen molar-refractivity contribution in [2.75, 3.05) is 5.32 Å². The predicted molar refractivity (Wildman–Crippen MR) is 68.3 cm³/mol. The number of anilines is 1. The maximum absolute atomic E-state index is 11.7. The van der Waals surface area contributed by atoms with E-state index in [2.05, 4.69) is 10.3 Å². The molecule has 18 heavy (non-hydrogen) atoms. The van der Waals surface area contributed by atoms with Crippen molar-refractivity contribution in [3.05, 3.63) is 58.6 Å². The molecule has 0 saturated carbocycles. The zero-order valence-corrected chi connectivity index (χ0v) is 9.96. The lowest BCUT2D eigenvalue weighted by Gasteiger charge is -2.06. The Balaban J connectivity index is 2.06. The Morgan fingerprint density at radius 3 is 2.83 bits per heavy atom. The van der Waals surface area contributed by atoms with Crippen LogP contribution in [0.2, 0.25) is 0 Å². The van der Waals surface area contributed by atoms with Gasteiger partial charge in [0.05, 0.1) is 0 Å². The van der Waals surface area contributed by atoms with Crippen molar-refractivity contribution >= 4 is 11.7 Å². The monoisotopic (exact) mass is 243 g/mol. The van der Waals surface area contributed by atoms with E-state index < -0.39 is 0 Å². The SMILES string of the molecule is Cc1cccc(NC(=O)Cn2ccccc2=O)n1. The molecule has 1 N–H and O–H groups in total. The molecular weight excluding hydrogens is 230 g/mol. The molecule has 0 aliphatic rings. The van der Waals surface area contributed by atoms with E-state index in [4.69, 9.17) is 0 Å². The third-order valence-electron chi connectivity index (χ3n) is 2.37. The summed E-state index contributed by atoms with van der Waals surface area (Å²) in [6.07, 6.45) is 1.57. The van der Waals surface area contributed by atoms with Gasteiger partial charge in [-0.3, -0.25) is 9.59 Å². The summed E-state index contributed by atoms with van der Waals surface area (Å²) in [5, 5.41) is 2.65. The van der Waals surface area contributed by atoms with Crippen LogP contribution in [-0.4, -0.2) is 15.5 Å². The Labute approximate surface area is 104 Å². The van der Waals surface area contributed by atoms with Crippen molar-refractivity contribution < 1.29 is 4.79 Å². The van der Waals surface area contributed by atoms with E-state index in [-0.39, 0.29) is 18.0 Å². The van der Waals surface area contributed by atoms with E-state index in [0.717, 1.165) is 5.69 Å². The van der Waals surface area contributed by atoms with Crippen LogP contribution in [0.5, 0.6) is 0 Å². The molecule has 0 aromatic carbocycles. The summed E-state index contributed by atoms with van der Waals surface area (Å²) in [6.45, 7) is 1.83. The fraction of sp³-hybridized carbons (Fsp3) is 0.154. The first-order chi connectivity index (χ1) is 8.65. The standard InChI is InChI=1S/C13H13N3O2/c1-10-5-4-6-11(14-10)15-12(17)9-16-8-3-2-7-13(16)18/h2-8H,9H2,1H3,(H,14,15,17). The number of carbonyl (C=O) groups is 1. The normalized spacial score (nSPS) is 10.1. The highest BCUT2D eigenvalue weighted by atomic mass is 16.2. The summed E-state index contributed by atoms with van der Waals surface area (Å²) in [5.74, 6) is 0.213. The van der Waals surface area contributed by atoms with Gasteiger partial charge in [0.25, 0.3) is 5.56 Å². The molecule has 2 aromatic heterocycles. The Morgan fingerprint density at radius 1 is 1.28 bits per heavy atom. The molecule has 0 radical (unpaired) electrons. The minimum Gasteiger partial charge on any atom is -0.309 e. The number of amides is 1. The van der Waals surface area contributed by atoms with E-state index in [9.17, 15) is 9.59 Å². The molecular formula is C13H13N3O2. The van der Waals surface area contributed by atoms with Gasteiger partial charge in [-0.2, -0.15) is 0 Å². The smallest absolute Gasteiger partial charge is 0.250 e. The van der Waals surface area contributed by atoms with Crippen LogP contribution in [0.25, 0.3) is 0 Å². The first-order valence-electron chi connectivity index (χ1n) is 5.54. The number of rotatable bonds is 3. The highest BCUT2D eigenvalue weighted by Crippen LogP contribution is 2.03. The Bertz CT molecular complexity index is 619. The van der Waals surface area contributed by atoms with E-state index in [1.807, 2.05) is 19.1 Å². The largest absolute Gasteiger partial charge is 0.309 e. The van der Waals surface area contributed by atoms with Crippen molar-refractivity contribution in [3.8, 4) is 0 Å². The van der Waals surface area contributed by atoms with Crippen molar-refractivity contribution in [1.82, 2.24) is 9.55 Å². The Hall–Kier alpha value is -2.43. The molecule has 0 saturated heterocycles. The molecule has 0 unspecified atom stereocenters. The van der Waals surface area contributed by atoms with Gasteiger partial charge in [-0.25, -0.2) is 4.98 Å². The van der Waals surface area contributed by atoms with E-state index in [1.54, 1.807) is 24.4 Å². The second kappa shape index (κ2) is 5.27. The van der Waals surface area contributed by atoms with Crippen molar-refractivity contribution in [2.24, 2.45) is 0 Å². The Kier molecular flexibility index (Phi) is 3.52. The quantitative estimate of drug-likeness (QED) is 0.880. The van der Waals surface area contributed by atoms with Crippen molar-refractivity contribution in [2.45, 2.75) is 13.5 Å². The molecule has 2 aromatic rings. The zero-order chi connectivity index (χ0) is 13.0. The average Bonchev–Trinajstić information content (AvgIpc) is 2.32. The van der Waals surface area contributed by atoms with E-state index in [0.29, 0.717) is 5.82 Å². The number of hydrogen-bond acceptors (Lipinski definition) is 3. The van der Waals surface area contributed by atoms with Crippen LogP contribution in [0.3, 0.4) is 0 Å². The van der Waals surface area contributed by atoms with Crippen LogP contribution in [0.1, 0.15) is 5.69 Å². The van der Waals surface area contributed by atoms with Gasteiger partial charge < -0.3 is 9.88 Å². The summed E-state index contributed by atoms with van der Waals surface area (Å²) in [7, 11) is 0. The van der Waals surface area contributed by atoms with Gasteiger partial charge in [0.1, 0.15) is 12.4 Å². The molecule has 0 atom stereocenters. The van der Waals surface area contributed by atoms with Crippen LogP contribution in [0.15, 0.2) is 47.4 Å². The molecule has 2 heterocycles. The van der Waals surface area contributed by atoms with Crippen LogP contribution in [0.4, 0.5) is 5.82 Å². The second-order valence-electron chi connectivity index (χ2n) is 3.88. The minimum atomic E-state index is -0.276. The fourth-order valence-corrected chi connectivity index (χ4v) is 1.54. The van der Waals surface area contributed by atoms with E-state index in [1.165, 1.54) is 10.6 Å². The maximum atomic E-state index is 11.7. The second-order valence-corrected chi connectivity index (χ2v) is 3.88. The first-order valence-corrected chi connectivity index (χ1v) is 5.54. The highest BCUT2D eigenvalue weighted by Gasteiger charge is 2.05. The van der Waals surface area contributed by atoms with Crippen LogP contribution >= 0.6 is 0 Å². The molecule has 0 aliphatic heterocycles. The number of nitrogens with zero attached hydrogens (tertiary/aromatic N) is 2. The molecule has 5 nitrogen and oxygen atoms in total. The lowest BCUT2D eigenvalue weighted by atomic mass is 10.3. The van der Waals surface area contributed by atoms with Crippen molar-refractivity contribution in [1.29, 1.82) is 0 Å². The molecule has 0 spiro atoms. The number of pyridine rings is 2. The molecule has 5 heteroatoms. The number of aromatic nitrogens is 2. The average molecular weight is 243 g/mol. The highest BCUT2D eigenvalue weighted by molar-refractivity contribution is 5.89. The van der Waals surface area contributed by atoms with Crippen LogP contribution in [0, 0.1) is 6.92 Å². The summed E-state index contributed by atoms with van der Waals surface area (Å²) in [6, 6.07) is 10.1. The molecule has 0 aliphatic carbocycles. The van der Waals surface area contributed by atoms with Gasteiger partial charge >= 0.3 is 0 Å². The number of nitrogens with one attached hydrogen (secondary N) is 1. The summed E-state index contributed by atoms with van der Waals surface area (Å²) >= 11 is 0. The third kappa shape index (κ3) is 3.04. The van der Waals surface area contributed by atoms with Crippen molar-refractivity contribution in [3.63, 3.8) is 0 Å². The third-order valence-corrected chi connectivity index (χ3v) is 2.37. The molecule has 2 rings (SSSR count). The predicted octanol–water partition coefficient (Wildman–Crippen LogP) is 1.19. The first kappa shape index (κ1) is 12.0. The zero-order valence-electron chi connectivity index (χ0n) is 9.96. The van der Waals surface area contributed by atoms with Gasteiger partial charge in [-0.05, 0) is 25.1 Å². The minimum absolute atomic E-state index is 0.0186. The van der Waals surface area contributed by atoms with Crippen LogP contribution in [-0.2, 0) is 11.3 Å². The molecule has 0 fully saturated rings. The van der Waals surface area contributed by atoms with E-state index >= 15 is 0 Å². The van der Waals surface area contributed by atoms with Gasteiger partial charge in [-0.1, -0.05) is 12.1 Å². The van der Waals surface area contributed by atoms with Gasteiger partial charge in [0.15, 0.2) is 0 Å². The number of hydrogen-bond donors (Lipinski definition) is 1. The summed E-state index contributed by atoms with van der Waals surface area (Å²) < 4.78 is 1.34. The summed E-state index contributed by atoms with van der Waals surface area (Å²) in [5.41, 5.74) is 0.620. The molecule has 1 amide bonds.